The first-order valence-electron chi connectivity index (χ1n) is 12.4. The molecular formula is C27H27ClF2N4O7. The molecule has 0 bridgehead atoms. The summed E-state index contributed by atoms with van der Waals surface area (Å²) in [5.41, 5.74) is -2.45. The Morgan fingerprint density at radius 1 is 1.17 bits per heavy atom. The summed E-state index contributed by atoms with van der Waals surface area (Å²) in [4.78, 5) is 43.7. The van der Waals surface area contributed by atoms with E-state index in [2.05, 4.69) is 4.98 Å². The van der Waals surface area contributed by atoms with Gasteiger partial charge in [-0.05, 0) is 39.0 Å². The molecule has 2 aromatic carbocycles. The van der Waals surface area contributed by atoms with Crippen molar-refractivity contribution in [2.75, 3.05) is 38.8 Å². The number of ether oxygens (including phenoxy) is 3. The summed E-state index contributed by atoms with van der Waals surface area (Å²) >= 11 is 6.50. The quantitative estimate of drug-likeness (QED) is 0.219. The number of carbonyl (C=O) groups is 2. The second-order valence-corrected chi connectivity index (χ2v) is 10.6. The lowest BCUT2D eigenvalue weighted by Crippen LogP contribution is -2.59. The molecule has 0 N–H and O–H groups in total. The topological polar surface area (TPSA) is 124 Å². The zero-order chi connectivity index (χ0) is 30.2. The van der Waals surface area contributed by atoms with Crippen molar-refractivity contribution in [3.8, 4) is 16.9 Å². The maximum atomic E-state index is 16.1. The number of nitrogens with zero attached hydrogens (tertiary/aromatic N) is 4. The molecule has 1 aliphatic rings. The Balaban J connectivity index is 1.92. The molecule has 0 spiro atoms. The van der Waals surface area contributed by atoms with Crippen LogP contribution in [0.25, 0.3) is 22.0 Å². The molecule has 1 saturated heterocycles. The Hall–Kier alpha value is -4.26. The Bertz CT molecular complexity index is 1550. The molecule has 41 heavy (non-hydrogen) atoms. The van der Waals surface area contributed by atoms with E-state index in [1.165, 1.54) is 35.1 Å². The number of hydrogen-bond donors (Lipinski definition) is 0. The molecule has 11 nitrogen and oxygen atoms in total. The van der Waals surface area contributed by atoms with Gasteiger partial charge < -0.3 is 24.0 Å². The number of benzene rings is 2. The number of nitro groups is 1. The standard InChI is InChI=1S/C27H27ClF2N4O7/c1-27(2,3)41-26(36)32-9-10-33(18(13-32)25(35)40-5)24-14-11-15(28)20(21-16(29)7-6-8-19(21)39-4)22(30)23(14)31-12-17(24)34(37)38/h6-8,11-12,18H,9-10,13H2,1-5H3/t18-/m1/s1. The Morgan fingerprint density at radius 3 is 2.49 bits per heavy atom. The van der Waals surface area contributed by atoms with Crippen LogP contribution in [0.1, 0.15) is 20.8 Å². The van der Waals surface area contributed by atoms with Crippen molar-refractivity contribution in [2.24, 2.45) is 0 Å². The molecule has 1 amide bonds. The fraction of sp³-hybridized carbons (Fsp3) is 0.370. The average Bonchev–Trinajstić information content (AvgIpc) is 2.91. The molecule has 4 rings (SSSR count). The second-order valence-electron chi connectivity index (χ2n) is 10.2. The molecule has 2 heterocycles. The third kappa shape index (κ3) is 5.67. The van der Waals surface area contributed by atoms with Gasteiger partial charge in [-0.2, -0.15) is 0 Å². The van der Waals surface area contributed by atoms with Crippen LogP contribution in [0.5, 0.6) is 5.75 Å². The van der Waals surface area contributed by atoms with Crippen molar-refractivity contribution < 1.29 is 37.5 Å². The molecule has 14 heteroatoms. The van der Waals surface area contributed by atoms with E-state index < -0.39 is 46.0 Å². The van der Waals surface area contributed by atoms with E-state index in [9.17, 15) is 24.1 Å². The van der Waals surface area contributed by atoms with E-state index in [1.54, 1.807) is 20.8 Å². The smallest absolute Gasteiger partial charge is 0.410 e. The molecule has 0 aliphatic carbocycles. The van der Waals surface area contributed by atoms with Crippen molar-refractivity contribution >= 4 is 45.9 Å². The number of anilines is 1. The van der Waals surface area contributed by atoms with Gasteiger partial charge in [-0.3, -0.25) is 10.1 Å². The first kappa shape index (κ1) is 29.7. The van der Waals surface area contributed by atoms with Crippen molar-refractivity contribution in [2.45, 2.75) is 32.4 Å². The molecule has 0 saturated carbocycles. The van der Waals surface area contributed by atoms with Crippen LogP contribution >= 0.6 is 11.6 Å². The zero-order valence-electron chi connectivity index (χ0n) is 22.9. The van der Waals surface area contributed by atoms with Gasteiger partial charge in [-0.25, -0.2) is 23.4 Å². The van der Waals surface area contributed by atoms with Gasteiger partial charge in [0.15, 0.2) is 5.82 Å². The minimum Gasteiger partial charge on any atom is -0.496 e. The van der Waals surface area contributed by atoms with Gasteiger partial charge in [0.2, 0.25) is 0 Å². The summed E-state index contributed by atoms with van der Waals surface area (Å²) < 4.78 is 46.6. The van der Waals surface area contributed by atoms with Crippen LogP contribution in [-0.2, 0) is 14.3 Å². The molecule has 0 unspecified atom stereocenters. The molecule has 1 atom stereocenters. The highest BCUT2D eigenvalue weighted by Crippen LogP contribution is 2.45. The number of amides is 1. The van der Waals surface area contributed by atoms with Gasteiger partial charge in [-0.1, -0.05) is 17.7 Å². The Labute approximate surface area is 238 Å². The maximum Gasteiger partial charge on any atom is 0.410 e. The highest BCUT2D eigenvalue weighted by atomic mass is 35.5. The number of aromatic nitrogens is 1. The summed E-state index contributed by atoms with van der Waals surface area (Å²) in [7, 11) is 2.42. The molecule has 218 valence electrons. The lowest BCUT2D eigenvalue weighted by molar-refractivity contribution is -0.384. The van der Waals surface area contributed by atoms with Crippen molar-refractivity contribution in [1.82, 2.24) is 9.88 Å². The van der Waals surface area contributed by atoms with Crippen molar-refractivity contribution in [3.63, 3.8) is 0 Å². The van der Waals surface area contributed by atoms with Crippen LogP contribution in [-0.4, -0.2) is 72.4 Å². The van der Waals surface area contributed by atoms with E-state index in [-0.39, 0.29) is 58.1 Å². The van der Waals surface area contributed by atoms with E-state index in [4.69, 9.17) is 25.8 Å². The highest BCUT2D eigenvalue weighted by molar-refractivity contribution is 6.34. The summed E-state index contributed by atoms with van der Waals surface area (Å²) in [6, 6.07) is 3.92. The number of pyridine rings is 1. The summed E-state index contributed by atoms with van der Waals surface area (Å²) in [6.07, 6.45) is 0.170. The van der Waals surface area contributed by atoms with Crippen LogP contribution in [0.3, 0.4) is 0 Å². The molecule has 0 radical (unpaired) electrons. The number of fused-ring (bicyclic) bond motifs is 1. The van der Waals surface area contributed by atoms with E-state index in [1.807, 2.05) is 0 Å². The number of methoxy groups -OCH3 is 2. The van der Waals surface area contributed by atoms with E-state index >= 15 is 4.39 Å². The van der Waals surface area contributed by atoms with E-state index in [0.717, 1.165) is 19.4 Å². The molecule has 1 aliphatic heterocycles. The van der Waals surface area contributed by atoms with Crippen molar-refractivity contribution in [3.05, 3.63) is 57.2 Å². The first-order chi connectivity index (χ1) is 19.3. The van der Waals surface area contributed by atoms with Gasteiger partial charge in [0.05, 0.1) is 36.3 Å². The molecular weight excluding hydrogens is 566 g/mol. The van der Waals surface area contributed by atoms with Gasteiger partial charge in [0.25, 0.3) is 0 Å². The first-order valence-corrected chi connectivity index (χ1v) is 12.8. The van der Waals surface area contributed by atoms with Gasteiger partial charge in [0, 0.05) is 24.0 Å². The van der Waals surface area contributed by atoms with Gasteiger partial charge >= 0.3 is 17.7 Å². The third-order valence-corrected chi connectivity index (χ3v) is 6.74. The van der Waals surface area contributed by atoms with Crippen LogP contribution in [0.4, 0.5) is 25.0 Å². The minimum absolute atomic E-state index is 0.0105. The largest absolute Gasteiger partial charge is 0.496 e. The zero-order valence-corrected chi connectivity index (χ0v) is 23.6. The third-order valence-electron chi connectivity index (χ3n) is 6.44. The Morgan fingerprint density at radius 2 is 1.88 bits per heavy atom. The number of hydrogen-bond acceptors (Lipinski definition) is 9. The fourth-order valence-electron chi connectivity index (χ4n) is 4.70. The van der Waals surface area contributed by atoms with Crippen LogP contribution in [0.15, 0.2) is 30.5 Å². The lowest BCUT2D eigenvalue weighted by atomic mass is 9.99. The predicted octanol–water partition coefficient (Wildman–Crippen LogP) is 5.35. The lowest BCUT2D eigenvalue weighted by Gasteiger charge is -2.41. The monoisotopic (exact) mass is 592 g/mol. The summed E-state index contributed by atoms with van der Waals surface area (Å²) in [6.45, 7) is 4.77. The van der Waals surface area contributed by atoms with Crippen LogP contribution in [0, 0.1) is 21.7 Å². The SMILES string of the molecule is COC(=O)[C@H]1CN(C(=O)OC(C)(C)C)CCN1c1c([N+](=O)[O-])cnc2c(F)c(-c3c(F)cccc3OC)c(Cl)cc12. The second kappa shape index (κ2) is 11.3. The Kier molecular flexibility index (Phi) is 8.20. The van der Waals surface area contributed by atoms with E-state index in [0.29, 0.717) is 0 Å². The summed E-state index contributed by atoms with van der Waals surface area (Å²) in [5, 5.41) is 11.7. The number of halogens is 3. The fourth-order valence-corrected chi connectivity index (χ4v) is 4.99. The summed E-state index contributed by atoms with van der Waals surface area (Å²) in [5.74, 6) is -2.64. The van der Waals surface area contributed by atoms with Gasteiger partial charge in [-0.15, -0.1) is 0 Å². The average molecular weight is 593 g/mol. The normalized spacial score (nSPS) is 15.6. The van der Waals surface area contributed by atoms with Gasteiger partial charge in [0.1, 0.15) is 40.6 Å². The van der Waals surface area contributed by atoms with Crippen LogP contribution < -0.4 is 9.64 Å². The molecule has 1 fully saturated rings. The number of rotatable bonds is 5. The number of piperazine rings is 1. The number of esters is 1. The minimum atomic E-state index is -1.22. The number of carbonyl (C=O) groups excluding carboxylic acids is 2. The highest BCUT2D eigenvalue weighted by Gasteiger charge is 2.40. The molecule has 1 aromatic heterocycles. The maximum absolute atomic E-state index is 16.1. The van der Waals surface area contributed by atoms with Crippen LogP contribution in [0.2, 0.25) is 5.02 Å². The van der Waals surface area contributed by atoms with Crippen molar-refractivity contribution in [1.29, 1.82) is 0 Å². The predicted molar refractivity (Wildman–Crippen MR) is 146 cm³/mol. The molecule has 3 aromatic rings.